The predicted molar refractivity (Wildman–Crippen MR) is 71.8 cm³/mol. The van der Waals surface area contributed by atoms with E-state index in [9.17, 15) is 17.2 Å². The molecule has 0 spiro atoms. The Hall–Kier alpha value is -1.01. The first-order chi connectivity index (χ1) is 8.54. The molecule has 0 aliphatic rings. The van der Waals surface area contributed by atoms with Crippen molar-refractivity contribution < 1.29 is 17.2 Å². The summed E-state index contributed by atoms with van der Waals surface area (Å²) < 4.78 is 50.4. The van der Waals surface area contributed by atoms with Crippen LogP contribution in [0.15, 0.2) is 12.1 Å². The molecule has 0 bridgehead atoms. The van der Waals surface area contributed by atoms with Crippen LogP contribution in [0.4, 0.5) is 8.78 Å². The maximum Gasteiger partial charge on any atom is 0.154 e. The molecule has 19 heavy (non-hydrogen) atoms. The van der Waals surface area contributed by atoms with Crippen molar-refractivity contribution in [2.24, 2.45) is 0 Å². The highest BCUT2D eigenvalue weighted by atomic mass is 32.2. The Labute approximate surface area is 112 Å². The molecule has 0 fully saturated rings. The highest BCUT2D eigenvalue weighted by Crippen LogP contribution is 2.35. The van der Waals surface area contributed by atoms with Crippen LogP contribution in [0.3, 0.4) is 0 Å². The summed E-state index contributed by atoms with van der Waals surface area (Å²) in [4.78, 5) is 0. The molecule has 0 aromatic heterocycles. The Morgan fingerprint density at radius 3 is 2.21 bits per heavy atom. The third-order valence-electron chi connectivity index (χ3n) is 3.55. The molecule has 1 rings (SSSR count). The lowest BCUT2D eigenvalue weighted by molar-refractivity contribution is 0.410. The molecule has 3 nitrogen and oxygen atoms in total. The zero-order valence-corrected chi connectivity index (χ0v) is 12.5. The molecule has 0 aliphatic carbocycles. The van der Waals surface area contributed by atoms with Crippen molar-refractivity contribution in [1.29, 1.82) is 0 Å². The summed E-state index contributed by atoms with van der Waals surface area (Å²) >= 11 is 0. The van der Waals surface area contributed by atoms with Gasteiger partial charge in [0, 0.05) is 11.8 Å². The van der Waals surface area contributed by atoms with E-state index < -0.39 is 32.3 Å². The summed E-state index contributed by atoms with van der Waals surface area (Å²) in [5.41, 5.74) is 0.0406. The zero-order chi connectivity index (χ0) is 15.0. The standard InChI is InChI=1S/C13H19F2NO2S/c1-8-6-7-9(14)10(11(8)15)12(16-4)13(2,3)19(5,17)18/h6-7,12,16H,1-5H3. The molecule has 0 heterocycles. The highest BCUT2D eigenvalue weighted by molar-refractivity contribution is 7.92. The highest BCUT2D eigenvalue weighted by Gasteiger charge is 2.41. The van der Waals surface area contributed by atoms with Gasteiger partial charge < -0.3 is 5.32 Å². The molecule has 6 heteroatoms. The van der Waals surface area contributed by atoms with Crippen molar-refractivity contribution in [3.8, 4) is 0 Å². The van der Waals surface area contributed by atoms with Crippen molar-refractivity contribution in [1.82, 2.24) is 5.32 Å². The molecule has 0 amide bonds. The van der Waals surface area contributed by atoms with Crippen LogP contribution in [0.1, 0.15) is 31.0 Å². The predicted octanol–water partition coefficient (Wildman–Crippen LogP) is 2.36. The normalized spacial score (nSPS) is 14.5. The van der Waals surface area contributed by atoms with E-state index in [1.54, 1.807) is 0 Å². The van der Waals surface area contributed by atoms with Crippen LogP contribution >= 0.6 is 0 Å². The number of sulfone groups is 1. The average Bonchev–Trinajstić information content (AvgIpc) is 2.27. The number of halogens is 2. The first-order valence-electron chi connectivity index (χ1n) is 5.85. The summed E-state index contributed by atoms with van der Waals surface area (Å²) in [5.74, 6) is -1.46. The maximum atomic E-state index is 14.1. The molecule has 1 unspecified atom stereocenters. The summed E-state index contributed by atoms with van der Waals surface area (Å²) in [6.45, 7) is 4.41. The number of aryl methyl sites for hydroxylation is 1. The van der Waals surface area contributed by atoms with Crippen molar-refractivity contribution in [3.63, 3.8) is 0 Å². The van der Waals surface area contributed by atoms with E-state index in [1.807, 2.05) is 0 Å². The Balaban J connectivity index is 3.54. The monoisotopic (exact) mass is 291 g/mol. The van der Waals surface area contributed by atoms with E-state index in [4.69, 9.17) is 0 Å². The zero-order valence-electron chi connectivity index (χ0n) is 11.7. The molecule has 0 saturated heterocycles. The molecule has 0 radical (unpaired) electrons. The summed E-state index contributed by atoms with van der Waals surface area (Å²) in [6.07, 6.45) is 1.06. The van der Waals surface area contributed by atoms with Crippen molar-refractivity contribution in [3.05, 3.63) is 34.9 Å². The van der Waals surface area contributed by atoms with Gasteiger partial charge in [-0.1, -0.05) is 6.07 Å². The Bertz CT molecular complexity index is 583. The molecule has 1 aromatic carbocycles. The minimum atomic E-state index is -3.50. The lowest BCUT2D eigenvalue weighted by Gasteiger charge is -2.33. The summed E-state index contributed by atoms with van der Waals surface area (Å²) in [5, 5.41) is 2.71. The fraction of sp³-hybridized carbons (Fsp3) is 0.538. The Kier molecular flexibility index (Phi) is 4.37. The number of hydrogen-bond donors (Lipinski definition) is 1. The minimum Gasteiger partial charge on any atom is -0.312 e. The largest absolute Gasteiger partial charge is 0.312 e. The maximum absolute atomic E-state index is 14.1. The van der Waals surface area contributed by atoms with Gasteiger partial charge in [0.15, 0.2) is 9.84 Å². The van der Waals surface area contributed by atoms with Crippen LogP contribution in [0.5, 0.6) is 0 Å². The van der Waals surface area contributed by atoms with Gasteiger partial charge in [-0.25, -0.2) is 17.2 Å². The third-order valence-corrected chi connectivity index (χ3v) is 5.69. The topological polar surface area (TPSA) is 46.2 Å². The van der Waals surface area contributed by atoms with Gasteiger partial charge in [-0.05, 0) is 39.4 Å². The van der Waals surface area contributed by atoms with E-state index in [2.05, 4.69) is 5.32 Å². The molecule has 1 aromatic rings. The second-order valence-corrected chi connectivity index (χ2v) is 7.79. The average molecular weight is 291 g/mol. The second kappa shape index (κ2) is 5.17. The quantitative estimate of drug-likeness (QED) is 0.926. The van der Waals surface area contributed by atoms with Crippen LogP contribution in [-0.2, 0) is 9.84 Å². The summed E-state index contributed by atoms with van der Waals surface area (Å²) in [7, 11) is -2.02. The molecular formula is C13H19F2NO2S. The van der Waals surface area contributed by atoms with Gasteiger partial charge in [0.1, 0.15) is 11.6 Å². The number of nitrogens with one attached hydrogen (secondary N) is 1. The van der Waals surface area contributed by atoms with Gasteiger partial charge in [-0.2, -0.15) is 0 Å². The lowest BCUT2D eigenvalue weighted by Crippen LogP contribution is -2.44. The van der Waals surface area contributed by atoms with Crippen molar-refractivity contribution in [2.75, 3.05) is 13.3 Å². The van der Waals surface area contributed by atoms with Gasteiger partial charge in [-0.3, -0.25) is 0 Å². The first kappa shape index (κ1) is 16.0. The first-order valence-corrected chi connectivity index (χ1v) is 7.74. The summed E-state index contributed by atoms with van der Waals surface area (Å²) in [6, 6.07) is 1.51. The van der Waals surface area contributed by atoms with Crippen LogP contribution in [0, 0.1) is 18.6 Å². The smallest absolute Gasteiger partial charge is 0.154 e. The van der Waals surface area contributed by atoms with Crippen LogP contribution < -0.4 is 5.32 Å². The molecule has 1 N–H and O–H groups in total. The van der Waals surface area contributed by atoms with E-state index >= 15 is 0 Å². The fourth-order valence-corrected chi connectivity index (χ4v) is 2.66. The number of benzene rings is 1. The molecule has 0 aliphatic heterocycles. The van der Waals surface area contributed by atoms with Crippen molar-refractivity contribution >= 4 is 9.84 Å². The SMILES string of the molecule is CNC(c1c(F)ccc(C)c1F)C(C)(C)S(C)(=O)=O. The van der Waals surface area contributed by atoms with E-state index in [0.717, 1.165) is 12.3 Å². The van der Waals surface area contributed by atoms with Crippen molar-refractivity contribution in [2.45, 2.75) is 31.6 Å². The van der Waals surface area contributed by atoms with Gasteiger partial charge >= 0.3 is 0 Å². The van der Waals surface area contributed by atoms with Crippen LogP contribution in [0.25, 0.3) is 0 Å². The fourth-order valence-electron chi connectivity index (χ4n) is 2.00. The molecular weight excluding hydrogens is 272 g/mol. The minimum absolute atomic E-state index is 0.238. The van der Waals surface area contributed by atoms with Gasteiger partial charge in [-0.15, -0.1) is 0 Å². The van der Waals surface area contributed by atoms with E-state index in [0.29, 0.717) is 0 Å². The van der Waals surface area contributed by atoms with Gasteiger partial charge in [0.2, 0.25) is 0 Å². The molecule has 1 atom stereocenters. The lowest BCUT2D eigenvalue weighted by atomic mass is 9.93. The molecule has 108 valence electrons. The number of rotatable bonds is 4. The van der Waals surface area contributed by atoms with E-state index in [-0.39, 0.29) is 11.1 Å². The van der Waals surface area contributed by atoms with Crippen LogP contribution in [0.2, 0.25) is 0 Å². The van der Waals surface area contributed by atoms with Gasteiger partial charge in [0.05, 0.1) is 10.8 Å². The number of hydrogen-bond acceptors (Lipinski definition) is 3. The van der Waals surface area contributed by atoms with Crippen LogP contribution in [-0.4, -0.2) is 26.5 Å². The Morgan fingerprint density at radius 1 is 1.26 bits per heavy atom. The molecule has 0 saturated carbocycles. The van der Waals surface area contributed by atoms with Gasteiger partial charge in [0.25, 0.3) is 0 Å². The second-order valence-electron chi connectivity index (χ2n) is 5.19. The van der Waals surface area contributed by atoms with E-state index in [1.165, 1.54) is 33.9 Å². The third kappa shape index (κ3) is 2.79. The Morgan fingerprint density at radius 2 is 1.79 bits per heavy atom.